The third kappa shape index (κ3) is 2.49. The van der Waals surface area contributed by atoms with Crippen molar-refractivity contribution in [3.8, 4) is 6.07 Å². The van der Waals surface area contributed by atoms with Gasteiger partial charge in [0.2, 0.25) is 0 Å². The van der Waals surface area contributed by atoms with E-state index in [2.05, 4.69) is 5.32 Å². The largest absolute Gasteiger partial charge is 0.382 e. The number of nitrogens with one attached hydrogen (secondary N) is 1. The third-order valence-corrected chi connectivity index (χ3v) is 3.20. The topological polar surface area (TPSA) is 82.4 Å². The standard InChI is InChI=1S/C14H15N3O3/c1-14(9-20-2)12(18)17(13(19)16-14)8-11-5-3-10(7-15)4-6-11/h3-6H,8-9H2,1-2H3,(H,16,19). The number of urea groups is 1. The number of rotatable bonds is 4. The van der Waals surface area contributed by atoms with Gasteiger partial charge in [0.1, 0.15) is 5.54 Å². The maximum atomic E-state index is 12.3. The summed E-state index contributed by atoms with van der Waals surface area (Å²) in [6.07, 6.45) is 0. The zero-order valence-corrected chi connectivity index (χ0v) is 11.3. The minimum absolute atomic E-state index is 0.126. The summed E-state index contributed by atoms with van der Waals surface area (Å²) in [6, 6.07) is 8.35. The van der Waals surface area contributed by atoms with E-state index in [4.69, 9.17) is 10.00 Å². The summed E-state index contributed by atoms with van der Waals surface area (Å²) < 4.78 is 4.98. The SMILES string of the molecule is COCC1(C)NC(=O)N(Cc2ccc(C#N)cc2)C1=O. The number of nitrogens with zero attached hydrogens (tertiary/aromatic N) is 2. The first-order valence-corrected chi connectivity index (χ1v) is 6.12. The Morgan fingerprint density at radius 1 is 1.35 bits per heavy atom. The molecule has 1 atom stereocenters. The number of carbonyl (C=O) groups excluding carboxylic acids is 2. The van der Waals surface area contributed by atoms with E-state index < -0.39 is 11.6 Å². The van der Waals surface area contributed by atoms with Crippen LogP contribution in [0.15, 0.2) is 24.3 Å². The van der Waals surface area contributed by atoms with Crippen molar-refractivity contribution in [3.05, 3.63) is 35.4 Å². The Morgan fingerprint density at radius 2 is 2.00 bits per heavy atom. The second-order valence-corrected chi connectivity index (χ2v) is 4.90. The number of imide groups is 1. The zero-order valence-electron chi connectivity index (χ0n) is 11.3. The number of methoxy groups -OCH3 is 1. The van der Waals surface area contributed by atoms with E-state index in [9.17, 15) is 9.59 Å². The van der Waals surface area contributed by atoms with Gasteiger partial charge < -0.3 is 10.1 Å². The molecule has 1 unspecified atom stereocenters. The molecule has 0 aliphatic carbocycles. The number of hydrogen-bond donors (Lipinski definition) is 1. The van der Waals surface area contributed by atoms with Crippen LogP contribution in [0.4, 0.5) is 4.79 Å². The minimum Gasteiger partial charge on any atom is -0.382 e. The number of benzene rings is 1. The van der Waals surface area contributed by atoms with Gasteiger partial charge in [0.05, 0.1) is 24.8 Å². The van der Waals surface area contributed by atoms with Crippen molar-refractivity contribution in [3.63, 3.8) is 0 Å². The Balaban J connectivity index is 2.15. The molecule has 1 aromatic rings. The average molecular weight is 273 g/mol. The molecule has 6 nitrogen and oxygen atoms in total. The number of hydrogen-bond acceptors (Lipinski definition) is 4. The number of amides is 3. The second-order valence-electron chi connectivity index (χ2n) is 4.90. The molecule has 1 aromatic carbocycles. The first-order valence-electron chi connectivity index (χ1n) is 6.12. The molecular weight excluding hydrogens is 258 g/mol. The van der Waals surface area contributed by atoms with Crippen molar-refractivity contribution in [2.75, 3.05) is 13.7 Å². The van der Waals surface area contributed by atoms with Crippen molar-refractivity contribution < 1.29 is 14.3 Å². The smallest absolute Gasteiger partial charge is 0.325 e. The first-order chi connectivity index (χ1) is 9.50. The molecule has 104 valence electrons. The Kier molecular flexibility index (Phi) is 3.72. The predicted octanol–water partition coefficient (Wildman–Crippen LogP) is 1.02. The molecule has 20 heavy (non-hydrogen) atoms. The highest BCUT2D eigenvalue weighted by molar-refractivity contribution is 6.06. The molecule has 1 heterocycles. The lowest BCUT2D eigenvalue weighted by Gasteiger charge is -2.20. The Morgan fingerprint density at radius 3 is 2.55 bits per heavy atom. The molecule has 0 radical (unpaired) electrons. The lowest BCUT2D eigenvalue weighted by atomic mass is 10.0. The predicted molar refractivity (Wildman–Crippen MR) is 70.5 cm³/mol. The molecule has 6 heteroatoms. The summed E-state index contributed by atoms with van der Waals surface area (Å²) in [4.78, 5) is 25.3. The van der Waals surface area contributed by atoms with E-state index in [1.54, 1.807) is 31.2 Å². The summed E-state index contributed by atoms with van der Waals surface area (Å²) in [5.74, 6) is -0.311. The highest BCUT2D eigenvalue weighted by Crippen LogP contribution is 2.20. The highest BCUT2D eigenvalue weighted by Gasteiger charge is 2.47. The van der Waals surface area contributed by atoms with Crippen molar-refractivity contribution in [2.45, 2.75) is 19.0 Å². The first kappa shape index (κ1) is 14.0. The van der Waals surface area contributed by atoms with Crippen LogP contribution < -0.4 is 5.32 Å². The Labute approximate surface area is 116 Å². The third-order valence-electron chi connectivity index (χ3n) is 3.20. The van der Waals surface area contributed by atoms with Crippen molar-refractivity contribution in [1.29, 1.82) is 5.26 Å². The van der Waals surface area contributed by atoms with Gasteiger partial charge in [0, 0.05) is 7.11 Å². The lowest BCUT2D eigenvalue weighted by molar-refractivity contribution is -0.132. The van der Waals surface area contributed by atoms with Crippen molar-refractivity contribution >= 4 is 11.9 Å². The summed E-state index contributed by atoms with van der Waals surface area (Å²) in [7, 11) is 1.48. The molecule has 0 bridgehead atoms. The Bertz CT molecular complexity index is 576. The van der Waals surface area contributed by atoms with Crippen molar-refractivity contribution in [1.82, 2.24) is 10.2 Å². The van der Waals surface area contributed by atoms with E-state index >= 15 is 0 Å². The van der Waals surface area contributed by atoms with Crippen molar-refractivity contribution in [2.24, 2.45) is 0 Å². The molecule has 0 aromatic heterocycles. The quantitative estimate of drug-likeness (QED) is 0.830. The minimum atomic E-state index is -1.02. The molecule has 0 saturated carbocycles. The Hall–Kier alpha value is -2.39. The van der Waals surface area contributed by atoms with E-state index in [-0.39, 0.29) is 19.1 Å². The number of ether oxygens (including phenoxy) is 1. The van der Waals surface area contributed by atoms with Gasteiger partial charge in [-0.25, -0.2) is 4.79 Å². The van der Waals surface area contributed by atoms with Crippen LogP contribution in [0.2, 0.25) is 0 Å². The monoisotopic (exact) mass is 273 g/mol. The van der Waals surface area contributed by atoms with Gasteiger partial charge in [-0.05, 0) is 24.6 Å². The number of nitriles is 1. The molecule has 0 spiro atoms. The van der Waals surface area contributed by atoms with Gasteiger partial charge in [0.25, 0.3) is 5.91 Å². The molecule has 1 saturated heterocycles. The zero-order chi connectivity index (χ0) is 14.8. The molecule has 3 amide bonds. The summed E-state index contributed by atoms with van der Waals surface area (Å²) >= 11 is 0. The normalized spacial score (nSPS) is 21.8. The van der Waals surface area contributed by atoms with Gasteiger partial charge in [-0.3, -0.25) is 9.69 Å². The van der Waals surface area contributed by atoms with Gasteiger partial charge >= 0.3 is 6.03 Å². The van der Waals surface area contributed by atoms with Gasteiger partial charge in [0.15, 0.2) is 0 Å². The molecular formula is C14H15N3O3. The van der Waals surface area contributed by atoms with E-state index in [0.717, 1.165) is 10.5 Å². The molecule has 1 N–H and O–H groups in total. The maximum Gasteiger partial charge on any atom is 0.325 e. The van der Waals surface area contributed by atoms with Gasteiger partial charge in [-0.2, -0.15) is 5.26 Å². The second kappa shape index (κ2) is 5.31. The molecule has 1 aliphatic rings. The fourth-order valence-electron chi connectivity index (χ4n) is 2.14. The van der Waals surface area contributed by atoms with Gasteiger partial charge in [-0.1, -0.05) is 12.1 Å². The van der Waals surface area contributed by atoms with Gasteiger partial charge in [-0.15, -0.1) is 0 Å². The summed E-state index contributed by atoms with van der Waals surface area (Å²) in [5, 5.41) is 11.4. The van der Waals surface area contributed by atoms with E-state index in [1.807, 2.05) is 6.07 Å². The van der Waals surface area contributed by atoms with E-state index in [0.29, 0.717) is 5.56 Å². The fourth-order valence-corrected chi connectivity index (χ4v) is 2.14. The molecule has 2 rings (SSSR count). The van der Waals surface area contributed by atoms with Crippen LogP contribution in [-0.4, -0.2) is 36.1 Å². The van der Waals surface area contributed by atoms with Crippen LogP contribution in [0.25, 0.3) is 0 Å². The van der Waals surface area contributed by atoms with Crippen LogP contribution in [0, 0.1) is 11.3 Å². The van der Waals surface area contributed by atoms with Crippen LogP contribution in [0.1, 0.15) is 18.1 Å². The summed E-state index contributed by atoms with van der Waals surface area (Å²) in [6.45, 7) is 1.94. The maximum absolute atomic E-state index is 12.3. The van der Waals surface area contributed by atoms with E-state index in [1.165, 1.54) is 7.11 Å². The van der Waals surface area contributed by atoms with Crippen LogP contribution >= 0.6 is 0 Å². The lowest BCUT2D eigenvalue weighted by Crippen LogP contribution is -2.47. The highest BCUT2D eigenvalue weighted by atomic mass is 16.5. The fraction of sp³-hybridized carbons (Fsp3) is 0.357. The molecule has 1 aliphatic heterocycles. The van der Waals surface area contributed by atoms with Crippen LogP contribution in [0.5, 0.6) is 0 Å². The van der Waals surface area contributed by atoms with Crippen LogP contribution in [-0.2, 0) is 16.1 Å². The number of carbonyl (C=O) groups is 2. The average Bonchev–Trinajstić information content (AvgIpc) is 2.64. The molecule has 1 fully saturated rings. The van der Waals surface area contributed by atoms with Crippen LogP contribution in [0.3, 0.4) is 0 Å². The summed E-state index contributed by atoms with van der Waals surface area (Å²) in [5.41, 5.74) is 0.308.